The molecule has 4 heteroatoms. The van der Waals surface area contributed by atoms with Crippen LogP contribution in [-0.2, 0) is 10.0 Å². The summed E-state index contributed by atoms with van der Waals surface area (Å²) in [5.74, 6) is 0. The molecule has 0 amide bonds. The molecular formula is C13H12NO2S. The van der Waals surface area contributed by atoms with Crippen molar-refractivity contribution in [1.82, 2.24) is 0 Å². The SMILES string of the molecule is Cc1ccc(S(=O)(=O)N=C2[C]=CC=CC2)cc1. The van der Waals surface area contributed by atoms with Gasteiger partial charge in [0, 0.05) is 12.5 Å². The van der Waals surface area contributed by atoms with Gasteiger partial charge in [-0.3, -0.25) is 0 Å². The fraction of sp³-hybridized carbons (Fsp3) is 0.154. The Labute approximate surface area is 101 Å². The number of hydrogen-bond donors (Lipinski definition) is 0. The third kappa shape index (κ3) is 2.91. The van der Waals surface area contributed by atoms with E-state index in [-0.39, 0.29) is 4.90 Å². The highest BCUT2D eigenvalue weighted by molar-refractivity contribution is 7.90. The molecule has 87 valence electrons. The summed E-state index contributed by atoms with van der Waals surface area (Å²) < 4.78 is 27.7. The summed E-state index contributed by atoms with van der Waals surface area (Å²) in [5, 5.41) is 0. The molecule has 1 radical (unpaired) electrons. The van der Waals surface area contributed by atoms with Crippen molar-refractivity contribution < 1.29 is 8.42 Å². The van der Waals surface area contributed by atoms with Gasteiger partial charge in [0.15, 0.2) is 0 Å². The van der Waals surface area contributed by atoms with Gasteiger partial charge in [-0.15, -0.1) is 0 Å². The van der Waals surface area contributed by atoms with Crippen molar-refractivity contribution in [1.29, 1.82) is 0 Å². The van der Waals surface area contributed by atoms with Gasteiger partial charge in [0.1, 0.15) is 0 Å². The third-order valence-corrected chi connectivity index (χ3v) is 3.67. The summed E-state index contributed by atoms with van der Waals surface area (Å²) in [7, 11) is -3.61. The van der Waals surface area contributed by atoms with Gasteiger partial charge in [-0.05, 0) is 19.1 Å². The normalized spacial score (nSPS) is 17.6. The molecule has 3 nitrogen and oxygen atoms in total. The van der Waals surface area contributed by atoms with Crippen molar-refractivity contribution in [3.63, 3.8) is 0 Å². The van der Waals surface area contributed by atoms with E-state index >= 15 is 0 Å². The molecule has 0 spiro atoms. The molecule has 0 fully saturated rings. The molecule has 0 unspecified atom stereocenters. The fourth-order valence-corrected chi connectivity index (χ4v) is 2.43. The van der Waals surface area contributed by atoms with Crippen LogP contribution in [0.15, 0.2) is 51.8 Å². The Hall–Kier alpha value is -1.68. The number of sulfonamides is 1. The van der Waals surface area contributed by atoms with Crippen LogP contribution in [0.25, 0.3) is 0 Å². The number of nitrogens with zero attached hydrogens (tertiary/aromatic N) is 1. The summed E-state index contributed by atoms with van der Waals surface area (Å²) in [4.78, 5) is 0.215. The average molecular weight is 246 g/mol. The molecule has 0 atom stereocenters. The standard InChI is InChI=1S/C13H12NO2S/c1-11-7-9-13(10-8-11)17(15,16)14-12-5-3-2-4-6-12/h2-4,7-10H,5H2,1H3. The lowest BCUT2D eigenvalue weighted by Crippen LogP contribution is -2.03. The van der Waals surface area contributed by atoms with Crippen molar-refractivity contribution in [2.24, 2.45) is 4.40 Å². The van der Waals surface area contributed by atoms with Gasteiger partial charge in [0.05, 0.1) is 10.6 Å². The average Bonchev–Trinajstić information content (AvgIpc) is 2.30. The van der Waals surface area contributed by atoms with E-state index in [0.29, 0.717) is 12.1 Å². The summed E-state index contributed by atoms with van der Waals surface area (Å²) in [6.45, 7) is 1.91. The highest BCUT2D eigenvalue weighted by Gasteiger charge is 2.13. The molecule has 0 heterocycles. The smallest absolute Gasteiger partial charge is 0.199 e. The number of rotatable bonds is 2. The van der Waals surface area contributed by atoms with Crippen LogP contribution in [0, 0.1) is 13.0 Å². The lowest BCUT2D eigenvalue weighted by atomic mass is 10.2. The number of allylic oxidation sites excluding steroid dienone is 4. The van der Waals surface area contributed by atoms with E-state index in [1.807, 2.05) is 19.1 Å². The van der Waals surface area contributed by atoms with Crippen molar-refractivity contribution >= 4 is 15.7 Å². The molecule has 1 aliphatic carbocycles. The van der Waals surface area contributed by atoms with Gasteiger partial charge < -0.3 is 0 Å². The van der Waals surface area contributed by atoms with Gasteiger partial charge in [-0.25, -0.2) is 0 Å². The topological polar surface area (TPSA) is 46.5 Å². The zero-order valence-electron chi connectivity index (χ0n) is 9.42. The largest absolute Gasteiger partial charge is 0.282 e. The Bertz CT molecular complexity index is 593. The van der Waals surface area contributed by atoms with Crippen molar-refractivity contribution in [3.05, 3.63) is 54.1 Å². The van der Waals surface area contributed by atoms with Crippen LogP contribution in [0.1, 0.15) is 12.0 Å². The van der Waals surface area contributed by atoms with Crippen molar-refractivity contribution in [2.45, 2.75) is 18.2 Å². The van der Waals surface area contributed by atoms with Crippen LogP contribution < -0.4 is 0 Å². The number of hydrogen-bond acceptors (Lipinski definition) is 2. The maximum absolute atomic E-state index is 11.9. The zero-order chi connectivity index (χ0) is 12.3. The first kappa shape index (κ1) is 11.8. The molecule has 0 bridgehead atoms. The second kappa shape index (κ2) is 4.67. The van der Waals surface area contributed by atoms with Crippen LogP contribution in [-0.4, -0.2) is 14.1 Å². The Morgan fingerprint density at radius 3 is 2.53 bits per heavy atom. The first-order chi connectivity index (χ1) is 8.08. The number of aryl methyl sites for hydroxylation is 1. The molecule has 2 rings (SSSR count). The molecule has 0 N–H and O–H groups in total. The van der Waals surface area contributed by atoms with Crippen molar-refractivity contribution in [2.75, 3.05) is 0 Å². The minimum Gasteiger partial charge on any atom is -0.199 e. The predicted octanol–water partition coefficient (Wildman–Crippen LogP) is 2.44. The summed E-state index contributed by atoms with van der Waals surface area (Å²) >= 11 is 0. The third-order valence-electron chi connectivity index (χ3n) is 2.34. The lowest BCUT2D eigenvalue weighted by molar-refractivity contribution is 0.598. The molecule has 17 heavy (non-hydrogen) atoms. The Morgan fingerprint density at radius 1 is 1.24 bits per heavy atom. The zero-order valence-corrected chi connectivity index (χ0v) is 10.2. The van der Waals surface area contributed by atoms with E-state index in [0.717, 1.165) is 5.56 Å². The van der Waals surface area contributed by atoms with E-state index < -0.39 is 10.0 Å². The van der Waals surface area contributed by atoms with E-state index in [9.17, 15) is 8.42 Å². The van der Waals surface area contributed by atoms with Gasteiger partial charge >= 0.3 is 0 Å². The maximum Gasteiger partial charge on any atom is 0.282 e. The van der Waals surface area contributed by atoms with Crippen LogP contribution >= 0.6 is 0 Å². The molecular weight excluding hydrogens is 234 g/mol. The second-order valence-electron chi connectivity index (χ2n) is 3.77. The van der Waals surface area contributed by atoms with Gasteiger partial charge in [-0.2, -0.15) is 12.8 Å². The Kier molecular flexibility index (Phi) is 3.24. The predicted molar refractivity (Wildman–Crippen MR) is 67.4 cm³/mol. The monoisotopic (exact) mass is 246 g/mol. The second-order valence-corrected chi connectivity index (χ2v) is 5.37. The summed E-state index contributed by atoms with van der Waals surface area (Å²) in [6, 6.07) is 6.65. The van der Waals surface area contributed by atoms with E-state index in [2.05, 4.69) is 10.5 Å². The molecule has 0 saturated carbocycles. The quantitative estimate of drug-likeness (QED) is 0.804. The van der Waals surface area contributed by atoms with E-state index in [4.69, 9.17) is 0 Å². The minimum atomic E-state index is -3.61. The van der Waals surface area contributed by atoms with E-state index in [1.165, 1.54) is 0 Å². The van der Waals surface area contributed by atoms with Gasteiger partial charge in [0.25, 0.3) is 10.0 Å². The molecule has 1 aromatic carbocycles. The summed E-state index contributed by atoms with van der Waals surface area (Å²) in [5.41, 5.74) is 1.46. The van der Waals surface area contributed by atoms with Crippen LogP contribution in [0.5, 0.6) is 0 Å². The first-order valence-corrected chi connectivity index (χ1v) is 6.67. The van der Waals surface area contributed by atoms with Crippen LogP contribution in [0.2, 0.25) is 0 Å². The fourth-order valence-electron chi connectivity index (χ4n) is 1.42. The van der Waals surface area contributed by atoms with Gasteiger partial charge in [-0.1, -0.05) is 35.9 Å². The molecule has 0 aromatic heterocycles. The summed E-state index contributed by atoms with van der Waals surface area (Å²) in [6.07, 6.45) is 8.64. The van der Waals surface area contributed by atoms with Crippen molar-refractivity contribution in [3.8, 4) is 0 Å². The lowest BCUT2D eigenvalue weighted by Gasteiger charge is -2.03. The van der Waals surface area contributed by atoms with Crippen LogP contribution in [0.3, 0.4) is 0 Å². The first-order valence-electron chi connectivity index (χ1n) is 5.23. The van der Waals surface area contributed by atoms with Crippen LogP contribution in [0.4, 0.5) is 0 Å². The highest BCUT2D eigenvalue weighted by Crippen LogP contribution is 2.14. The minimum absolute atomic E-state index is 0.215. The Balaban J connectivity index is 2.34. The van der Waals surface area contributed by atoms with Gasteiger partial charge in [0.2, 0.25) is 0 Å². The molecule has 0 saturated heterocycles. The molecule has 1 aliphatic rings. The van der Waals surface area contributed by atoms with E-state index in [1.54, 1.807) is 30.3 Å². The number of benzene rings is 1. The Morgan fingerprint density at radius 2 is 1.94 bits per heavy atom. The molecule has 1 aromatic rings. The highest BCUT2D eigenvalue weighted by atomic mass is 32.2. The molecule has 0 aliphatic heterocycles. The maximum atomic E-state index is 11.9.